The third kappa shape index (κ3) is 2.59. The zero-order valence-electron chi connectivity index (χ0n) is 18.3. The van der Waals surface area contributed by atoms with Crippen LogP contribution in [0.2, 0.25) is 0 Å². The summed E-state index contributed by atoms with van der Waals surface area (Å²) in [5, 5.41) is 12.0. The van der Waals surface area contributed by atoms with Crippen molar-refractivity contribution in [1.29, 1.82) is 0 Å². The van der Waals surface area contributed by atoms with E-state index in [1.807, 2.05) is 0 Å². The van der Waals surface area contributed by atoms with Crippen LogP contribution in [0.1, 0.15) is 53.1 Å². The van der Waals surface area contributed by atoms with E-state index in [0.29, 0.717) is 47.5 Å². The maximum atomic E-state index is 15.0. The summed E-state index contributed by atoms with van der Waals surface area (Å²) in [6, 6.07) is 3.17. The van der Waals surface area contributed by atoms with E-state index in [2.05, 4.69) is 0 Å². The van der Waals surface area contributed by atoms with Gasteiger partial charge in [-0.3, -0.25) is 4.79 Å². The number of hydrogen-bond acceptors (Lipinski definition) is 6. The Morgan fingerprint density at radius 3 is 2.76 bits per heavy atom. The Labute approximate surface area is 189 Å². The molecule has 3 aromatic rings. The molecule has 4 heterocycles. The van der Waals surface area contributed by atoms with E-state index in [1.54, 1.807) is 17.6 Å². The van der Waals surface area contributed by atoms with Crippen molar-refractivity contribution in [1.82, 2.24) is 9.55 Å². The molecule has 0 spiro atoms. The average molecular weight is 449 g/mol. The highest BCUT2D eigenvalue weighted by Gasteiger charge is 2.45. The van der Waals surface area contributed by atoms with Crippen molar-refractivity contribution in [2.75, 3.05) is 6.54 Å². The largest absolute Gasteiger partial charge is 0.458 e. The van der Waals surface area contributed by atoms with Crippen molar-refractivity contribution in [2.45, 2.75) is 57.8 Å². The number of hydrogen-bond donors (Lipinski definition) is 2. The summed E-state index contributed by atoms with van der Waals surface area (Å²) in [6.07, 6.45) is 3.05. The van der Waals surface area contributed by atoms with Crippen molar-refractivity contribution in [3.63, 3.8) is 0 Å². The fourth-order valence-electron chi connectivity index (χ4n) is 5.84. The number of aliphatic hydroxyl groups is 1. The smallest absolute Gasteiger partial charge is 0.343 e. The quantitative estimate of drug-likeness (QED) is 0.465. The van der Waals surface area contributed by atoms with Crippen LogP contribution in [0.15, 0.2) is 16.9 Å². The average Bonchev–Trinajstić information content (AvgIpc) is 3.18. The van der Waals surface area contributed by atoms with Gasteiger partial charge in [-0.25, -0.2) is 14.2 Å². The SMILES string of the molecule is CC[C@@]1(O)C(=O)OCc2c1cc1n(c2=O)Cc2c-1nc1cc(F)c(CCN)c3c1c2CCC3. The Balaban J connectivity index is 1.65. The maximum absolute atomic E-state index is 15.0. The molecule has 170 valence electrons. The number of pyridine rings is 2. The summed E-state index contributed by atoms with van der Waals surface area (Å²) in [4.78, 5) is 30.6. The van der Waals surface area contributed by atoms with Crippen LogP contribution in [-0.4, -0.2) is 27.2 Å². The Hall–Kier alpha value is -3.10. The molecule has 2 aliphatic heterocycles. The monoisotopic (exact) mass is 449 g/mol. The number of aryl methyl sites for hydroxylation is 2. The van der Waals surface area contributed by atoms with Crippen molar-refractivity contribution in [3.8, 4) is 11.4 Å². The van der Waals surface area contributed by atoms with Crippen LogP contribution >= 0.6 is 0 Å². The maximum Gasteiger partial charge on any atom is 0.343 e. The number of fused-ring (bicyclic) bond motifs is 5. The lowest BCUT2D eigenvalue weighted by atomic mass is 9.83. The second kappa shape index (κ2) is 6.95. The highest BCUT2D eigenvalue weighted by molar-refractivity contribution is 5.92. The number of nitrogens with zero attached hydrogens (tertiary/aromatic N) is 2. The molecule has 0 saturated carbocycles. The number of esters is 1. The van der Waals surface area contributed by atoms with E-state index in [4.69, 9.17) is 15.5 Å². The minimum atomic E-state index is -1.87. The van der Waals surface area contributed by atoms with E-state index in [0.717, 1.165) is 41.3 Å². The first-order valence-corrected chi connectivity index (χ1v) is 11.4. The number of rotatable bonds is 3. The zero-order valence-corrected chi connectivity index (χ0v) is 18.3. The van der Waals surface area contributed by atoms with Gasteiger partial charge in [0.2, 0.25) is 0 Å². The first-order chi connectivity index (χ1) is 15.9. The fraction of sp³-hybridized carbons (Fsp3) is 0.400. The molecule has 0 fully saturated rings. The van der Waals surface area contributed by atoms with Gasteiger partial charge in [-0.05, 0) is 61.4 Å². The molecule has 0 saturated heterocycles. The van der Waals surface area contributed by atoms with Crippen LogP contribution < -0.4 is 11.3 Å². The lowest BCUT2D eigenvalue weighted by Gasteiger charge is -2.31. The highest BCUT2D eigenvalue weighted by Crippen LogP contribution is 2.43. The van der Waals surface area contributed by atoms with Gasteiger partial charge < -0.3 is 20.1 Å². The van der Waals surface area contributed by atoms with E-state index >= 15 is 4.39 Å². The standard InChI is InChI=1S/C25H24FN3O4/c1-2-25(32)17-8-20-22-15(10-29(20)23(30)16(17)11-33-24(25)31)14-5-3-4-13-12(6-7-27)18(26)9-19(28-22)21(13)14/h8-9,32H,2-7,10-11,27H2,1H3/t25-/m0/s1. The normalized spacial score (nSPS) is 20.4. The van der Waals surface area contributed by atoms with E-state index in [-0.39, 0.29) is 30.0 Å². The zero-order chi connectivity index (χ0) is 23.1. The topological polar surface area (TPSA) is 107 Å². The molecule has 33 heavy (non-hydrogen) atoms. The highest BCUT2D eigenvalue weighted by atomic mass is 19.1. The van der Waals surface area contributed by atoms with Crippen molar-refractivity contribution in [2.24, 2.45) is 5.73 Å². The molecule has 1 aromatic carbocycles. The third-order valence-electron chi connectivity index (χ3n) is 7.51. The summed E-state index contributed by atoms with van der Waals surface area (Å²) in [5.74, 6) is -1.05. The molecule has 0 bridgehead atoms. The van der Waals surface area contributed by atoms with Gasteiger partial charge in [-0.15, -0.1) is 0 Å². The molecule has 7 nitrogen and oxygen atoms in total. The molecule has 0 amide bonds. The Morgan fingerprint density at radius 1 is 1.21 bits per heavy atom. The molecule has 1 aliphatic carbocycles. The Morgan fingerprint density at radius 2 is 2.00 bits per heavy atom. The molecule has 1 atom stereocenters. The van der Waals surface area contributed by atoms with Gasteiger partial charge >= 0.3 is 5.97 Å². The van der Waals surface area contributed by atoms with Gasteiger partial charge in [0.25, 0.3) is 5.56 Å². The predicted molar refractivity (Wildman–Crippen MR) is 119 cm³/mol. The molecule has 0 unspecified atom stereocenters. The second-order valence-corrected chi connectivity index (χ2v) is 9.12. The van der Waals surface area contributed by atoms with E-state index in [1.165, 1.54) is 6.07 Å². The summed E-state index contributed by atoms with van der Waals surface area (Å²) in [7, 11) is 0. The summed E-state index contributed by atoms with van der Waals surface area (Å²) >= 11 is 0. The third-order valence-corrected chi connectivity index (χ3v) is 7.51. The lowest BCUT2D eigenvalue weighted by molar-refractivity contribution is -0.172. The summed E-state index contributed by atoms with van der Waals surface area (Å²) < 4.78 is 21.8. The number of ether oxygens (including phenoxy) is 1. The summed E-state index contributed by atoms with van der Waals surface area (Å²) in [5.41, 5.74) is 9.62. The van der Waals surface area contributed by atoms with Crippen LogP contribution in [-0.2, 0) is 47.5 Å². The minimum Gasteiger partial charge on any atom is -0.458 e. The molecule has 3 aliphatic rings. The first kappa shape index (κ1) is 20.5. The summed E-state index contributed by atoms with van der Waals surface area (Å²) in [6.45, 7) is 2.24. The number of carbonyl (C=O) groups is 1. The molecular formula is C25H24FN3O4. The predicted octanol–water partition coefficient (Wildman–Crippen LogP) is 2.21. The Bertz CT molecular complexity index is 1440. The van der Waals surface area contributed by atoms with Gasteiger partial charge in [-0.1, -0.05) is 6.92 Å². The number of carbonyl (C=O) groups excluding carboxylic acids is 1. The van der Waals surface area contributed by atoms with Gasteiger partial charge in [0, 0.05) is 22.6 Å². The first-order valence-electron chi connectivity index (χ1n) is 11.4. The van der Waals surface area contributed by atoms with Gasteiger partial charge in [-0.2, -0.15) is 0 Å². The van der Waals surface area contributed by atoms with E-state index in [9.17, 15) is 14.7 Å². The Kier molecular flexibility index (Phi) is 4.32. The molecule has 2 aromatic heterocycles. The van der Waals surface area contributed by atoms with Crippen LogP contribution in [0.5, 0.6) is 0 Å². The van der Waals surface area contributed by atoms with Crippen LogP contribution in [0.25, 0.3) is 22.3 Å². The molecule has 3 N–H and O–H groups in total. The van der Waals surface area contributed by atoms with Gasteiger partial charge in [0.15, 0.2) is 5.60 Å². The van der Waals surface area contributed by atoms with Crippen LogP contribution in [0.4, 0.5) is 4.39 Å². The van der Waals surface area contributed by atoms with E-state index < -0.39 is 11.6 Å². The number of nitrogens with two attached hydrogens (primary N) is 1. The van der Waals surface area contributed by atoms with Gasteiger partial charge in [0.1, 0.15) is 12.4 Å². The van der Waals surface area contributed by atoms with Crippen molar-refractivity contribution < 1.29 is 19.0 Å². The van der Waals surface area contributed by atoms with Crippen molar-refractivity contribution >= 4 is 16.9 Å². The fourth-order valence-corrected chi connectivity index (χ4v) is 5.84. The second-order valence-electron chi connectivity index (χ2n) is 9.12. The number of benzene rings is 1. The molecular weight excluding hydrogens is 425 g/mol. The molecule has 0 radical (unpaired) electrons. The minimum absolute atomic E-state index is 0.0868. The number of aromatic nitrogens is 2. The molecule has 8 heteroatoms. The van der Waals surface area contributed by atoms with Crippen LogP contribution in [0.3, 0.4) is 0 Å². The van der Waals surface area contributed by atoms with Crippen LogP contribution in [0, 0.1) is 5.82 Å². The van der Waals surface area contributed by atoms with Crippen molar-refractivity contribution in [3.05, 3.63) is 61.7 Å². The molecule has 6 rings (SSSR count). The number of halogens is 1. The van der Waals surface area contributed by atoms with Gasteiger partial charge in [0.05, 0.1) is 29.0 Å². The lowest BCUT2D eigenvalue weighted by Crippen LogP contribution is -2.44. The number of cyclic esters (lactones) is 1.